The first kappa shape index (κ1) is 24.3. The van der Waals surface area contributed by atoms with Gasteiger partial charge in [0.25, 0.3) is 0 Å². The Morgan fingerprint density at radius 3 is 2.50 bits per heavy atom. The number of hydrogen-bond acceptors (Lipinski definition) is 6. The van der Waals surface area contributed by atoms with Gasteiger partial charge in [-0.3, -0.25) is 9.59 Å². The summed E-state index contributed by atoms with van der Waals surface area (Å²) in [5, 5.41) is 0. The van der Waals surface area contributed by atoms with Gasteiger partial charge in [0.05, 0.1) is 38.0 Å². The third-order valence-corrected chi connectivity index (χ3v) is 6.47. The fourth-order valence-corrected chi connectivity index (χ4v) is 4.63. The standard InChI is InChI=1S/C27H36N4O3/c1-6-7-21(32)14-19-8-10-20(11-9-19)24-28-23-16-30(26(33)27(3,4)5)15-22(23)25(29-24)31-12-13-34-17-18(31)2/h8-11,18H,6-7,12-17H2,1-5H3/t18-/m0/s1. The zero-order valence-corrected chi connectivity index (χ0v) is 21.1. The zero-order chi connectivity index (χ0) is 24.5. The van der Waals surface area contributed by atoms with Crippen LogP contribution in [0.25, 0.3) is 11.4 Å². The van der Waals surface area contributed by atoms with Gasteiger partial charge in [0.15, 0.2) is 5.82 Å². The van der Waals surface area contributed by atoms with Crippen LogP contribution in [0, 0.1) is 5.41 Å². The van der Waals surface area contributed by atoms with Crippen LogP contribution < -0.4 is 4.90 Å². The van der Waals surface area contributed by atoms with Crippen molar-refractivity contribution in [1.82, 2.24) is 14.9 Å². The van der Waals surface area contributed by atoms with Crippen LogP contribution >= 0.6 is 0 Å². The number of rotatable bonds is 6. The van der Waals surface area contributed by atoms with Gasteiger partial charge >= 0.3 is 0 Å². The molecule has 7 heteroatoms. The van der Waals surface area contributed by atoms with Gasteiger partial charge in [0.1, 0.15) is 11.6 Å². The first-order valence-corrected chi connectivity index (χ1v) is 12.3. The number of ether oxygens (including phenoxy) is 1. The number of benzene rings is 1. The quantitative estimate of drug-likeness (QED) is 0.639. The Labute approximate surface area is 202 Å². The van der Waals surface area contributed by atoms with Crippen LogP contribution in [0.2, 0.25) is 0 Å². The summed E-state index contributed by atoms with van der Waals surface area (Å²) in [6.45, 7) is 13.1. The Balaban J connectivity index is 1.68. The predicted octanol–water partition coefficient (Wildman–Crippen LogP) is 4.17. The highest BCUT2D eigenvalue weighted by atomic mass is 16.5. The number of Topliss-reactive ketones (excluding diaryl/α,β-unsaturated/α-hetero) is 1. The Morgan fingerprint density at radius 1 is 1.12 bits per heavy atom. The minimum Gasteiger partial charge on any atom is -0.377 e. The van der Waals surface area contributed by atoms with Crippen molar-refractivity contribution in [2.24, 2.45) is 5.41 Å². The molecule has 1 atom stereocenters. The lowest BCUT2D eigenvalue weighted by Gasteiger charge is -2.35. The van der Waals surface area contributed by atoms with Crippen LogP contribution in [-0.4, -0.2) is 52.4 Å². The Morgan fingerprint density at radius 2 is 1.85 bits per heavy atom. The van der Waals surface area contributed by atoms with E-state index in [1.807, 2.05) is 56.9 Å². The van der Waals surface area contributed by atoms with E-state index in [9.17, 15) is 9.59 Å². The van der Waals surface area contributed by atoms with Crippen molar-refractivity contribution in [3.63, 3.8) is 0 Å². The minimum absolute atomic E-state index is 0.120. The monoisotopic (exact) mass is 464 g/mol. The van der Waals surface area contributed by atoms with Crippen LogP contribution in [0.1, 0.15) is 64.3 Å². The van der Waals surface area contributed by atoms with Crippen LogP contribution in [-0.2, 0) is 33.8 Å². The Kier molecular flexibility index (Phi) is 7.03. The number of carbonyl (C=O) groups excluding carboxylic acids is 2. The molecule has 1 saturated heterocycles. The number of hydrogen-bond donors (Lipinski definition) is 0. The molecule has 4 rings (SSSR count). The molecule has 2 aliphatic rings. The van der Waals surface area contributed by atoms with Gasteiger partial charge in [-0.25, -0.2) is 9.97 Å². The number of carbonyl (C=O) groups is 2. The van der Waals surface area contributed by atoms with Crippen molar-refractivity contribution >= 4 is 17.5 Å². The van der Waals surface area contributed by atoms with E-state index >= 15 is 0 Å². The van der Waals surface area contributed by atoms with Crippen LogP contribution in [0.4, 0.5) is 5.82 Å². The first-order valence-electron chi connectivity index (χ1n) is 12.3. The number of nitrogens with zero attached hydrogens (tertiary/aromatic N) is 4. The van der Waals surface area contributed by atoms with Crippen LogP contribution in [0.5, 0.6) is 0 Å². The SMILES string of the molecule is CCCC(=O)Cc1ccc(-c2nc3c(c(N4CCOC[C@@H]4C)n2)CN(C(=O)C(C)(C)C)C3)cc1. The third kappa shape index (κ3) is 5.14. The highest BCUT2D eigenvalue weighted by Gasteiger charge is 2.36. The molecule has 0 unspecified atom stereocenters. The molecule has 0 aliphatic carbocycles. The Bertz CT molecular complexity index is 1060. The molecule has 0 N–H and O–H groups in total. The molecule has 1 fully saturated rings. The van der Waals surface area contributed by atoms with Gasteiger partial charge < -0.3 is 14.5 Å². The molecule has 3 heterocycles. The van der Waals surface area contributed by atoms with E-state index in [2.05, 4.69) is 11.8 Å². The van der Waals surface area contributed by atoms with Crippen molar-refractivity contribution in [1.29, 1.82) is 0 Å². The maximum Gasteiger partial charge on any atom is 0.228 e. The topological polar surface area (TPSA) is 75.6 Å². The molecule has 0 saturated carbocycles. The largest absolute Gasteiger partial charge is 0.377 e. The molecule has 7 nitrogen and oxygen atoms in total. The first-order chi connectivity index (χ1) is 16.2. The van der Waals surface area contributed by atoms with E-state index in [1.165, 1.54) is 0 Å². The second kappa shape index (κ2) is 9.82. The van der Waals surface area contributed by atoms with Gasteiger partial charge in [-0.1, -0.05) is 52.0 Å². The molecule has 182 valence electrons. The summed E-state index contributed by atoms with van der Waals surface area (Å²) in [7, 11) is 0. The summed E-state index contributed by atoms with van der Waals surface area (Å²) >= 11 is 0. The highest BCUT2D eigenvalue weighted by molar-refractivity contribution is 5.82. The maximum atomic E-state index is 13.0. The molecule has 0 bridgehead atoms. The lowest BCUT2D eigenvalue weighted by molar-refractivity contribution is -0.140. The lowest BCUT2D eigenvalue weighted by atomic mass is 9.95. The highest BCUT2D eigenvalue weighted by Crippen LogP contribution is 2.35. The minimum atomic E-state index is -0.449. The van der Waals surface area contributed by atoms with Gasteiger partial charge in [0, 0.05) is 35.9 Å². The van der Waals surface area contributed by atoms with Crippen molar-refractivity contribution < 1.29 is 14.3 Å². The second-order valence-corrected chi connectivity index (χ2v) is 10.5. The van der Waals surface area contributed by atoms with Crippen LogP contribution in [0.15, 0.2) is 24.3 Å². The van der Waals surface area contributed by atoms with E-state index < -0.39 is 5.41 Å². The van der Waals surface area contributed by atoms with Crippen molar-refractivity contribution in [2.45, 2.75) is 73.0 Å². The summed E-state index contributed by atoms with van der Waals surface area (Å²) in [5.41, 5.74) is 3.43. The fourth-order valence-electron chi connectivity index (χ4n) is 4.63. The van der Waals surface area contributed by atoms with Crippen molar-refractivity contribution in [3.8, 4) is 11.4 Å². The van der Waals surface area contributed by atoms with Crippen molar-refractivity contribution in [2.75, 3.05) is 24.7 Å². The van der Waals surface area contributed by atoms with E-state index in [4.69, 9.17) is 14.7 Å². The van der Waals surface area contributed by atoms with Gasteiger partial charge in [-0.05, 0) is 18.9 Å². The molecule has 2 aromatic rings. The fraction of sp³-hybridized carbons (Fsp3) is 0.556. The molecule has 1 aromatic heterocycles. The molecule has 0 radical (unpaired) electrons. The zero-order valence-electron chi connectivity index (χ0n) is 21.1. The number of ketones is 1. The molecular weight excluding hydrogens is 428 g/mol. The lowest BCUT2D eigenvalue weighted by Crippen LogP contribution is -2.44. The number of anilines is 1. The van der Waals surface area contributed by atoms with Gasteiger partial charge in [0.2, 0.25) is 5.91 Å². The summed E-state index contributed by atoms with van der Waals surface area (Å²) < 4.78 is 5.66. The number of fused-ring (bicyclic) bond motifs is 1. The van der Waals surface area contributed by atoms with E-state index in [1.54, 1.807) is 0 Å². The van der Waals surface area contributed by atoms with Gasteiger partial charge in [-0.2, -0.15) is 0 Å². The summed E-state index contributed by atoms with van der Waals surface area (Å²) in [6, 6.07) is 8.17. The summed E-state index contributed by atoms with van der Waals surface area (Å²) in [6.07, 6.45) is 1.94. The van der Waals surface area contributed by atoms with E-state index in [0.29, 0.717) is 45.0 Å². The average Bonchev–Trinajstić information content (AvgIpc) is 3.22. The molecule has 34 heavy (non-hydrogen) atoms. The number of morpholine rings is 1. The molecule has 1 aromatic carbocycles. The molecule has 1 amide bonds. The average molecular weight is 465 g/mol. The molecule has 0 spiro atoms. The summed E-state index contributed by atoms with van der Waals surface area (Å²) in [5.74, 6) is 1.94. The number of aromatic nitrogens is 2. The smallest absolute Gasteiger partial charge is 0.228 e. The third-order valence-electron chi connectivity index (χ3n) is 6.47. The molecule has 2 aliphatic heterocycles. The molecular formula is C27H36N4O3. The van der Waals surface area contributed by atoms with Crippen molar-refractivity contribution in [3.05, 3.63) is 41.1 Å². The summed E-state index contributed by atoms with van der Waals surface area (Å²) in [4.78, 5) is 39.2. The normalized spacial score (nSPS) is 18.2. The van der Waals surface area contributed by atoms with E-state index in [-0.39, 0.29) is 17.7 Å². The Hall–Kier alpha value is -2.80. The predicted molar refractivity (Wildman–Crippen MR) is 132 cm³/mol. The maximum absolute atomic E-state index is 13.0. The number of amides is 1. The van der Waals surface area contributed by atoms with Crippen LogP contribution in [0.3, 0.4) is 0 Å². The van der Waals surface area contributed by atoms with Gasteiger partial charge in [-0.15, -0.1) is 0 Å². The van der Waals surface area contributed by atoms with E-state index in [0.717, 1.165) is 41.2 Å². The second-order valence-electron chi connectivity index (χ2n) is 10.5.